The molecule has 0 unspecified atom stereocenters. The summed E-state index contributed by atoms with van der Waals surface area (Å²) in [6.07, 6.45) is 0. The van der Waals surface area contributed by atoms with Crippen molar-refractivity contribution in [2.75, 3.05) is 11.1 Å². The van der Waals surface area contributed by atoms with Crippen LogP contribution in [0.1, 0.15) is 5.56 Å². The van der Waals surface area contributed by atoms with E-state index in [-0.39, 0.29) is 0 Å². The Kier molecular flexibility index (Phi) is 3.40. The van der Waals surface area contributed by atoms with Crippen molar-refractivity contribution in [2.24, 2.45) is 0 Å². The molecule has 3 aromatic rings. The molecule has 96 valence electrons. The van der Waals surface area contributed by atoms with Crippen LogP contribution in [0.2, 0.25) is 0 Å². The first-order valence-electron chi connectivity index (χ1n) is 5.84. The van der Waals surface area contributed by atoms with Gasteiger partial charge in [0.05, 0.1) is 21.6 Å². The van der Waals surface area contributed by atoms with E-state index < -0.39 is 0 Å². The summed E-state index contributed by atoms with van der Waals surface area (Å²) in [7, 11) is 0. The molecule has 0 bridgehead atoms. The molecule has 1 heterocycles. The number of aromatic nitrogens is 1. The zero-order valence-corrected chi connectivity index (χ0v) is 12.5. The lowest BCUT2D eigenvalue weighted by atomic mass is 10.2. The number of anilines is 2. The van der Waals surface area contributed by atoms with Gasteiger partial charge in [0.15, 0.2) is 0 Å². The van der Waals surface area contributed by atoms with Crippen LogP contribution in [0.15, 0.2) is 46.4 Å². The van der Waals surface area contributed by atoms with E-state index in [1.165, 1.54) is 5.56 Å². The van der Waals surface area contributed by atoms with Gasteiger partial charge in [0.1, 0.15) is 5.52 Å². The quantitative estimate of drug-likeness (QED) is 0.704. The molecule has 0 aliphatic heterocycles. The Morgan fingerprint density at radius 2 is 2.05 bits per heavy atom. The zero-order valence-electron chi connectivity index (χ0n) is 10.1. The first kappa shape index (κ1) is 12.4. The number of rotatable bonds is 3. The molecular formula is C14H12BrN3S. The normalized spacial score (nSPS) is 10.8. The number of fused-ring (bicyclic) bond motifs is 1. The minimum absolute atomic E-state index is 0.714. The van der Waals surface area contributed by atoms with Gasteiger partial charge in [-0.05, 0) is 23.8 Å². The molecule has 3 N–H and O–H groups in total. The minimum atomic E-state index is 0.714. The summed E-state index contributed by atoms with van der Waals surface area (Å²) in [5.41, 5.74) is 11.7. The fraction of sp³-hybridized carbons (Fsp3) is 0.0714. The van der Waals surface area contributed by atoms with E-state index >= 15 is 0 Å². The molecule has 0 aliphatic carbocycles. The SMILES string of the molecule is Nc1c(NCc2ccccc2Br)ccc2scnc12. The third-order valence-electron chi connectivity index (χ3n) is 2.97. The molecule has 0 saturated carbocycles. The van der Waals surface area contributed by atoms with Crippen LogP contribution in [0.25, 0.3) is 10.2 Å². The maximum atomic E-state index is 6.14. The molecule has 0 spiro atoms. The summed E-state index contributed by atoms with van der Waals surface area (Å²) in [5.74, 6) is 0. The largest absolute Gasteiger partial charge is 0.395 e. The molecule has 0 fully saturated rings. The van der Waals surface area contributed by atoms with Crippen LogP contribution in [0.5, 0.6) is 0 Å². The maximum absolute atomic E-state index is 6.14. The van der Waals surface area contributed by atoms with Gasteiger partial charge in [0.25, 0.3) is 0 Å². The third kappa shape index (κ3) is 2.43. The van der Waals surface area contributed by atoms with Crippen LogP contribution in [0.3, 0.4) is 0 Å². The predicted octanol–water partition coefficient (Wildman–Crippen LogP) is 4.25. The van der Waals surface area contributed by atoms with Gasteiger partial charge in [-0.25, -0.2) is 4.98 Å². The lowest BCUT2D eigenvalue weighted by Gasteiger charge is -2.10. The van der Waals surface area contributed by atoms with E-state index in [0.717, 1.165) is 26.9 Å². The van der Waals surface area contributed by atoms with Crippen molar-refractivity contribution in [3.05, 3.63) is 51.9 Å². The number of nitrogens with one attached hydrogen (secondary N) is 1. The molecule has 19 heavy (non-hydrogen) atoms. The fourth-order valence-electron chi connectivity index (χ4n) is 1.94. The first-order valence-corrected chi connectivity index (χ1v) is 7.52. The minimum Gasteiger partial charge on any atom is -0.395 e. The molecule has 0 atom stereocenters. The van der Waals surface area contributed by atoms with E-state index in [9.17, 15) is 0 Å². The van der Waals surface area contributed by atoms with Gasteiger partial charge in [-0.15, -0.1) is 11.3 Å². The number of thiazole rings is 1. The molecular weight excluding hydrogens is 322 g/mol. The molecule has 5 heteroatoms. The highest BCUT2D eigenvalue weighted by Gasteiger charge is 2.07. The standard InChI is InChI=1S/C14H12BrN3S/c15-10-4-2-1-3-9(10)7-17-11-5-6-12-14(13(11)16)18-8-19-12/h1-6,8,17H,7,16H2. The highest BCUT2D eigenvalue weighted by Crippen LogP contribution is 2.30. The number of halogens is 1. The lowest BCUT2D eigenvalue weighted by Crippen LogP contribution is -2.03. The van der Waals surface area contributed by atoms with Crippen molar-refractivity contribution >= 4 is 48.9 Å². The average Bonchev–Trinajstić information content (AvgIpc) is 2.89. The molecule has 3 nitrogen and oxygen atoms in total. The first-order chi connectivity index (χ1) is 9.25. The number of benzene rings is 2. The van der Waals surface area contributed by atoms with Crippen LogP contribution in [-0.4, -0.2) is 4.98 Å². The second-order valence-corrected chi connectivity index (χ2v) is 5.91. The van der Waals surface area contributed by atoms with Gasteiger partial charge in [-0.1, -0.05) is 34.1 Å². The van der Waals surface area contributed by atoms with E-state index in [1.807, 2.05) is 35.8 Å². The van der Waals surface area contributed by atoms with E-state index in [1.54, 1.807) is 11.3 Å². The van der Waals surface area contributed by atoms with E-state index in [0.29, 0.717) is 5.69 Å². The van der Waals surface area contributed by atoms with Crippen molar-refractivity contribution in [3.8, 4) is 0 Å². The summed E-state index contributed by atoms with van der Waals surface area (Å²) in [6, 6.07) is 12.2. The van der Waals surface area contributed by atoms with Gasteiger partial charge in [-0.2, -0.15) is 0 Å². The highest BCUT2D eigenvalue weighted by molar-refractivity contribution is 9.10. The van der Waals surface area contributed by atoms with E-state index in [4.69, 9.17) is 5.73 Å². The Morgan fingerprint density at radius 1 is 1.21 bits per heavy atom. The number of nitrogens with two attached hydrogens (primary N) is 1. The highest BCUT2D eigenvalue weighted by atomic mass is 79.9. The van der Waals surface area contributed by atoms with E-state index in [2.05, 4.69) is 32.3 Å². The lowest BCUT2D eigenvalue weighted by molar-refractivity contribution is 1.14. The Labute approximate surface area is 123 Å². The molecule has 2 aromatic carbocycles. The van der Waals surface area contributed by atoms with Gasteiger partial charge in [0.2, 0.25) is 0 Å². The van der Waals surface area contributed by atoms with Crippen molar-refractivity contribution in [1.29, 1.82) is 0 Å². The summed E-state index contributed by atoms with van der Waals surface area (Å²) >= 11 is 5.14. The zero-order chi connectivity index (χ0) is 13.2. The smallest absolute Gasteiger partial charge is 0.106 e. The Bertz CT molecular complexity index is 724. The van der Waals surface area contributed by atoms with Crippen LogP contribution >= 0.6 is 27.3 Å². The third-order valence-corrected chi connectivity index (χ3v) is 4.54. The number of nitrogens with zero attached hydrogens (tertiary/aromatic N) is 1. The molecule has 1 aromatic heterocycles. The number of hydrogen-bond donors (Lipinski definition) is 2. The molecule has 0 radical (unpaired) electrons. The second-order valence-electron chi connectivity index (χ2n) is 4.17. The Balaban J connectivity index is 1.86. The summed E-state index contributed by atoms with van der Waals surface area (Å²) in [4.78, 5) is 4.30. The van der Waals surface area contributed by atoms with Gasteiger partial charge >= 0.3 is 0 Å². The van der Waals surface area contributed by atoms with Gasteiger partial charge < -0.3 is 11.1 Å². The maximum Gasteiger partial charge on any atom is 0.106 e. The van der Waals surface area contributed by atoms with Crippen LogP contribution in [-0.2, 0) is 6.54 Å². The predicted molar refractivity (Wildman–Crippen MR) is 85.5 cm³/mol. The van der Waals surface area contributed by atoms with Gasteiger partial charge in [-0.3, -0.25) is 0 Å². The van der Waals surface area contributed by atoms with Crippen molar-refractivity contribution in [2.45, 2.75) is 6.54 Å². The monoisotopic (exact) mass is 333 g/mol. The fourth-order valence-corrected chi connectivity index (χ4v) is 3.06. The summed E-state index contributed by atoms with van der Waals surface area (Å²) in [6.45, 7) is 0.723. The second kappa shape index (κ2) is 5.19. The van der Waals surface area contributed by atoms with Gasteiger partial charge in [0, 0.05) is 11.0 Å². The average molecular weight is 334 g/mol. The topological polar surface area (TPSA) is 50.9 Å². The molecule has 0 aliphatic rings. The van der Waals surface area contributed by atoms with Crippen molar-refractivity contribution in [3.63, 3.8) is 0 Å². The Hall–Kier alpha value is -1.59. The molecule has 3 rings (SSSR count). The number of hydrogen-bond acceptors (Lipinski definition) is 4. The Morgan fingerprint density at radius 3 is 2.89 bits per heavy atom. The van der Waals surface area contributed by atoms with Crippen LogP contribution in [0.4, 0.5) is 11.4 Å². The number of nitrogen functional groups attached to an aromatic ring is 1. The van der Waals surface area contributed by atoms with Crippen molar-refractivity contribution in [1.82, 2.24) is 4.98 Å². The summed E-state index contributed by atoms with van der Waals surface area (Å²) < 4.78 is 2.21. The van der Waals surface area contributed by atoms with Crippen LogP contribution in [0, 0.1) is 0 Å². The molecule has 0 saturated heterocycles. The van der Waals surface area contributed by atoms with Crippen molar-refractivity contribution < 1.29 is 0 Å². The molecule has 0 amide bonds. The summed E-state index contributed by atoms with van der Waals surface area (Å²) in [5, 5.41) is 3.36. The van der Waals surface area contributed by atoms with Crippen LogP contribution < -0.4 is 11.1 Å².